The van der Waals surface area contributed by atoms with E-state index in [2.05, 4.69) is 11.8 Å². The summed E-state index contributed by atoms with van der Waals surface area (Å²) in [4.78, 5) is 2.21. The monoisotopic (exact) mass is 334 g/mol. The minimum atomic E-state index is -2.99. The van der Waals surface area contributed by atoms with E-state index >= 15 is 0 Å². The van der Waals surface area contributed by atoms with Crippen molar-refractivity contribution < 1.29 is 8.42 Å². The molecule has 2 rings (SSSR count). The molecule has 0 spiro atoms. The zero-order valence-corrected chi connectivity index (χ0v) is 15.0. The molecule has 4 atom stereocenters. The van der Waals surface area contributed by atoms with Crippen molar-refractivity contribution in [2.24, 2.45) is 17.6 Å². The van der Waals surface area contributed by atoms with Gasteiger partial charge in [0.1, 0.15) is 5.37 Å². The van der Waals surface area contributed by atoms with E-state index in [4.69, 9.17) is 5.73 Å². The lowest BCUT2D eigenvalue weighted by Gasteiger charge is -2.41. The molecule has 0 bridgehead atoms. The van der Waals surface area contributed by atoms with Crippen LogP contribution in [0.2, 0.25) is 0 Å². The van der Waals surface area contributed by atoms with Crippen LogP contribution in [0.1, 0.15) is 39.5 Å². The quantitative estimate of drug-likeness (QED) is 0.832. The van der Waals surface area contributed by atoms with Crippen LogP contribution in [-0.4, -0.2) is 55.1 Å². The molecule has 2 fully saturated rings. The van der Waals surface area contributed by atoms with E-state index in [-0.39, 0.29) is 17.2 Å². The number of nitrogens with two attached hydrogens (primary N) is 1. The number of thioether (sulfide) groups is 1. The second kappa shape index (κ2) is 7.66. The predicted octanol–water partition coefficient (Wildman–Crippen LogP) is 1.95. The Balaban J connectivity index is 2.04. The molecule has 1 aliphatic heterocycles. The van der Waals surface area contributed by atoms with Crippen LogP contribution >= 0.6 is 11.8 Å². The molecule has 4 unspecified atom stereocenters. The number of rotatable bonds is 5. The molecule has 2 N–H and O–H groups in total. The average molecular weight is 335 g/mol. The Kier molecular flexibility index (Phi) is 6.41. The van der Waals surface area contributed by atoms with Gasteiger partial charge in [0.25, 0.3) is 0 Å². The van der Waals surface area contributed by atoms with Crippen molar-refractivity contribution in [3.05, 3.63) is 0 Å². The molecule has 4 nitrogen and oxygen atoms in total. The number of hydrogen-bond acceptors (Lipinski definition) is 5. The first-order valence-electron chi connectivity index (χ1n) is 8.26. The van der Waals surface area contributed by atoms with Crippen LogP contribution in [0.15, 0.2) is 0 Å². The molecule has 0 aromatic rings. The number of nitrogens with zero attached hydrogens (tertiary/aromatic N) is 1. The number of hydrogen-bond donors (Lipinski definition) is 1. The second-order valence-corrected chi connectivity index (χ2v) is 10.1. The van der Waals surface area contributed by atoms with Crippen molar-refractivity contribution in [3.63, 3.8) is 0 Å². The third-order valence-corrected chi connectivity index (χ3v) is 8.54. The zero-order valence-electron chi connectivity index (χ0n) is 13.3. The van der Waals surface area contributed by atoms with E-state index in [0.29, 0.717) is 5.92 Å². The Bertz CT molecular complexity index is 427. The third kappa shape index (κ3) is 4.36. The summed E-state index contributed by atoms with van der Waals surface area (Å²) < 4.78 is 24.6. The minimum Gasteiger partial charge on any atom is -0.327 e. The highest BCUT2D eigenvalue weighted by Crippen LogP contribution is 2.32. The topological polar surface area (TPSA) is 63.4 Å². The van der Waals surface area contributed by atoms with E-state index in [1.807, 2.05) is 0 Å². The van der Waals surface area contributed by atoms with Crippen LogP contribution in [0.4, 0.5) is 0 Å². The van der Waals surface area contributed by atoms with Gasteiger partial charge in [-0.25, -0.2) is 8.42 Å². The summed E-state index contributed by atoms with van der Waals surface area (Å²) in [6.45, 7) is 5.75. The molecule has 124 valence electrons. The Labute approximate surface area is 134 Å². The molecule has 1 heterocycles. The summed E-state index contributed by atoms with van der Waals surface area (Å²) in [5.41, 5.74) is 6.32. The molecular weight excluding hydrogens is 304 g/mol. The molecular formula is C15H30N2O2S2. The highest BCUT2D eigenvalue weighted by molar-refractivity contribution is 8.01. The first-order valence-corrected chi connectivity index (χ1v) is 11.1. The molecule has 6 heteroatoms. The van der Waals surface area contributed by atoms with E-state index in [1.54, 1.807) is 18.7 Å². The van der Waals surface area contributed by atoms with Crippen LogP contribution in [0.25, 0.3) is 0 Å². The summed E-state index contributed by atoms with van der Waals surface area (Å²) in [5.74, 6) is 3.23. The van der Waals surface area contributed by atoms with Gasteiger partial charge in [0.2, 0.25) is 0 Å². The van der Waals surface area contributed by atoms with Gasteiger partial charge in [-0.15, -0.1) is 0 Å². The van der Waals surface area contributed by atoms with E-state index in [1.165, 1.54) is 19.3 Å². The van der Waals surface area contributed by atoms with Crippen LogP contribution in [0, 0.1) is 11.8 Å². The smallest absolute Gasteiger partial charge is 0.166 e. The lowest BCUT2D eigenvalue weighted by molar-refractivity contribution is 0.151. The molecule has 0 aromatic heterocycles. The van der Waals surface area contributed by atoms with Gasteiger partial charge < -0.3 is 5.73 Å². The van der Waals surface area contributed by atoms with Gasteiger partial charge in [0.15, 0.2) is 9.84 Å². The summed E-state index contributed by atoms with van der Waals surface area (Å²) in [6, 6.07) is 0.243. The van der Waals surface area contributed by atoms with Crippen molar-refractivity contribution in [2.75, 3.05) is 30.3 Å². The molecule has 1 aliphatic carbocycles. The van der Waals surface area contributed by atoms with Crippen molar-refractivity contribution in [1.82, 2.24) is 4.90 Å². The van der Waals surface area contributed by atoms with Crippen LogP contribution in [0.5, 0.6) is 0 Å². The van der Waals surface area contributed by atoms with E-state index in [0.717, 1.165) is 36.9 Å². The van der Waals surface area contributed by atoms with Crippen LogP contribution in [0.3, 0.4) is 0 Å². The fraction of sp³-hybridized carbons (Fsp3) is 1.00. The standard InChI is InChI=1S/C15H30N2O2S2/c1-3-12-5-6-14(16)13(9-12)10-17-7-8-20-11-15(17)21(18,19)4-2/h12-15H,3-11,16H2,1-2H3. The molecule has 1 saturated heterocycles. The normalized spacial score (nSPS) is 35.8. The highest BCUT2D eigenvalue weighted by Gasteiger charge is 2.36. The van der Waals surface area contributed by atoms with Crippen molar-refractivity contribution >= 4 is 21.6 Å². The summed E-state index contributed by atoms with van der Waals surface area (Å²) in [7, 11) is -2.99. The molecule has 2 aliphatic rings. The van der Waals surface area contributed by atoms with Gasteiger partial charge in [-0.3, -0.25) is 4.90 Å². The molecule has 21 heavy (non-hydrogen) atoms. The minimum absolute atomic E-state index is 0.239. The average Bonchev–Trinajstić information content (AvgIpc) is 2.50. The van der Waals surface area contributed by atoms with Gasteiger partial charge in [-0.2, -0.15) is 11.8 Å². The predicted molar refractivity (Wildman–Crippen MR) is 91.2 cm³/mol. The lowest BCUT2D eigenvalue weighted by Crippen LogP contribution is -2.52. The van der Waals surface area contributed by atoms with Gasteiger partial charge in [-0.1, -0.05) is 20.3 Å². The largest absolute Gasteiger partial charge is 0.327 e. The molecule has 0 aromatic carbocycles. The van der Waals surface area contributed by atoms with Crippen molar-refractivity contribution in [2.45, 2.75) is 50.9 Å². The molecule has 1 saturated carbocycles. The SMILES string of the molecule is CCC1CCC(N)C(CN2CCSCC2S(=O)(=O)CC)C1. The first kappa shape index (κ1) is 17.6. The van der Waals surface area contributed by atoms with Crippen molar-refractivity contribution in [3.8, 4) is 0 Å². The summed E-state index contributed by atoms with van der Waals surface area (Å²) in [5, 5.41) is -0.296. The summed E-state index contributed by atoms with van der Waals surface area (Å²) in [6.07, 6.45) is 4.72. The van der Waals surface area contributed by atoms with Crippen molar-refractivity contribution in [1.29, 1.82) is 0 Å². The maximum absolute atomic E-state index is 12.3. The Morgan fingerprint density at radius 3 is 2.71 bits per heavy atom. The second-order valence-electron chi connectivity index (χ2n) is 6.49. The van der Waals surface area contributed by atoms with Gasteiger partial charge in [-0.05, 0) is 31.1 Å². The lowest BCUT2D eigenvalue weighted by atomic mass is 9.77. The van der Waals surface area contributed by atoms with E-state index < -0.39 is 9.84 Å². The Hall–Kier alpha value is 0.220. The van der Waals surface area contributed by atoms with E-state index in [9.17, 15) is 8.42 Å². The fourth-order valence-corrected chi connectivity index (χ4v) is 6.71. The Morgan fingerprint density at radius 1 is 1.29 bits per heavy atom. The van der Waals surface area contributed by atoms with Gasteiger partial charge >= 0.3 is 0 Å². The summed E-state index contributed by atoms with van der Waals surface area (Å²) >= 11 is 1.76. The van der Waals surface area contributed by atoms with Gasteiger partial charge in [0, 0.05) is 36.4 Å². The maximum Gasteiger partial charge on any atom is 0.166 e. The maximum atomic E-state index is 12.3. The van der Waals surface area contributed by atoms with Crippen LogP contribution < -0.4 is 5.73 Å². The number of sulfone groups is 1. The highest BCUT2D eigenvalue weighted by atomic mass is 32.2. The molecule has 0 radical (unpaired) electrons. The van der Waals surface area contributed by atoms with Gasteiger partial charge in [0.05, 0.1) is 0 Å². The first-order chi connectivity index (χ1) is 9.97. The third-order valence-electron chi connectivity index (χ3n) is 5.20. The Morgan fingerprint density at radius 2 is 2.05 bits per heavy atom. The fourth-order valence-electron chi connectivity index (χ4n) is 3.61. The molecule has 0 amide bonds. The zero-order chi connectivity index (χ0) is 15.5. The van der Waals surface area contributed by atoms with Crippen LogP contribution in [-0.2, 0) is 9.84 Å².